The zero-order valence-corrected chi connectivity index (χ0v) is 12.4. The van der Waals surface area contributed by atoms with Crippen molar-refractivity contribution < 1.29 is 13.2 Å². The van der Waals surface area contributed by atoms with Crippen molar-refractivity contribution in [2.24, 2.45) is 0 Å². The zero-order valence-electron chi connectivity index (χ0n) is 11.6. The maximum absolute atomic E-state index is 12.1. The Morgan fingerprint density at radius 2 is 2.00 bits per heavy atom. The SMILES string of the molecule is O=C(N[C@H]1C=CCCC1)N[C@@H]1CS(=O)(=O)c2ccccc21. The number of sulfone groups is 1. The molecule has 2 aliphatic rings. The Morgan fingerprint density at radius 3 is 2.76 bits per heavy atom. The van der Waals surface area contributed by atoms with Crippen LogP contribution in [0, 0.1) is 0 Å². The quantitative estimate of drug-likeness (QED) is 0.820. The van der Waals surface area contributed by atoms with Crippen LogP contribution in [0.1, 0.15) is 30.9 Å². The van der Waals surface area contributed by atoms with Crippen LogP contribution in [-0.4, -0.2) is 26.2 Å². The van der Waals surface area contributed by atoms with E-state index < -0.39 is 15.9 Å². The molecule has 1 heterocycles. The van der Waals surface area contributed by atoms with Crippen molar-refractivity contribution in [1.29, 1.82) is 0 Å². The number of nitrogens with one attached hydrogen (secondary N) is 2. The predicted molar refractivity (Wildman–Crippen MR) is 79.7 cm³/mol. The smallest absolute Gasteiger partial charge is 0.315 e. The molecule has 5 nitrogen and oxygen atoms in total. The lowest BCUT2D eigenvalue weighted by Crippen LogP contribution is -2.43. The molecule has 2 N–H and O–H groups in total. The molecule has 2 atom stereocenters. The molecule has 112 valence electrons. The van der Waals surface area contributed by atoms with Crippen molar-refractivity contribution >= 4 is 15.9 Å². The van der Waals surface area contributed by atoms with Gasteiger partial charge in [0, 0.05) is 6.04 Å². The third-order valence-electron chi connectivity index (χ3n) is 3.89. The summed E-state index contributed by atoms with van der Waals surface area (Å²) >= 11 is 0. The van der Waals surface area contributed by atoms with Crippen LogP contribution in [-0.2, 0) is 9.84 Å². The van der Waals surface area contributed by atoms with Gasteiger partial charge in [-0.1, -0.05) is 30.4 Å². The van der Waals surface area contributed by atoms with Gasteiger partial charge in [0.25, 0.3) is 0 Å². The number of amides is 2. The molecule has 1 aliphatic carbocycles. The van der Waals surface area contributed by atoms with Gasteiger partial charge in [0.05, 0.1) is 16.7 Å². The van der Waals surface area contributed by atoms with E-state index in [9.17, 15) is 13.2 Å². The van der Waals surface area contributed by atoms with Crippen LogP contribution in [0.15, 0.2) is 41.3 Å². The lowest BCUT2D eigenvalue weighted by molar-refractivity contribution is 0.235. The monoisotopic (exact) mass is 306 g/mol. The molecule has 0 unspecified atom stereocenters. The van der Waals surface area contributed by atoms with Gasteiger partial charge < -0.3 is 10.6 Å². The third kappa shape index (κ3) is 2.95. The summed E-state index contributed by atoms with van der Waals surface area (Å²) < 4.78 is 24.1. The van der Waals surface area contributed by atoms with Crippen LogP contribution < -0.4 is 10.6 Å². The normalized spacial score (nSPS) is 26.1. The second-order valence-electron chi connectivity index (χ2n) is 5.46. The summed E-state index contributed by atoms with van der Waals surface area (Å²) in [5.41, 5.74) is 0.673. The molecular formula is C15H18N2O3S. The van der Waals surface area contributed by atoms with Crippen LogP contribution in [0.5, 0.6) is 0 Å². The highest BCUT2D eigenvalue weighted by Gasteiger charge is 2.35. The van der Waals surface area contributed by atoms with Gasteiger partial charge in [0.1, 0.15) is 0 Å². The van der Waals surface area contributed by atoms with E-state index in [-0.39, 0.29) is 17.8 Å². The van der Waals surface area contributed by atoms with Gasteiger partial charge in [-0.2, -0.15) is 0 Å². The molecule has 0 saturated heterocycles. The van der Waals surface area contributed by atoms with Crippen molar-refractivity contribution in [3.63, 3.8) is 0 Å². The van der Waals surface area contributed by atoms with Gasteiger partial charge in [-0.15, -0.1) is 0 Å². The number of hydrogen-bond acceptors (Lipinski definition) is 3. The largest absolute Gasteiger partial charge is 0.332 e. The average molecular weight is 306 g/mol. The number of urea groups is 1. The van der Waals surface area contributed by atoms with E-state index in [1.807, 2.05) is 6.08 Å². The first kappa shape index (κ1) is 14.1. The Labute approximate surface area is 124 Å². The second kappa shape index (κ2) is 5.52. The minimum Gasteiger partial charge on any atom is -0.332 e. The van der Waals surface area contributed by atoms with E-state index >= 15 is 0 Å². The van der Waals surface area contributed by atoms with Gasteiger partial charge in [0.2, 0.25) is 0 Å². The molecule has 0 radical (unpaired) electrons. The Balaban J connectivity index is 1.70. The molecule has 0 saturated carbocycles. The molecule has 0 spiro atoms. The minimum absolute atomic E-state index is 0.0343. The zero-order chi connectivity index (χ0) is 14.9. The number of hydrogen-bond donors (Lipinski definition) is 2. The van der Waals surface area contributed by atoms with Crippen LogP contribution in [0.2, 0.25) is 0 Å². The summed E-state index contributed by atoms with van der Waals surface area (Å²) in [5.74, 6) is -0.0692. The first-order chi connectivity index (χ1) is 10.1. The van der Waals surface area contributed by atoms with Crippen molar-refractivity contribution in [3.05, 3.63) is 42.0 Å². The van der Waals surface area contributed by atoms with E-state index in [2.05, 4.69) is 16.7 Å². The topological polar surface area (TPSA) is 75.3 Å². The van der Waals surface area contributed by atoms with Crippen molar-refractivity contribution in [2.45, 2.75) is 36.2 Å². The summed E-state index contributed by atoms with van der Waals surface area (Å²) in [4.78, 5) is 12.4. The number of rotatable bonds is 2. The van der Waals surface area contributed by atoms with E-state index in [1.54, 1.807) is 24.3 Å². The molecule has 1 aliphatic heterocycles. The molecular weight excluding hydrogens is 288 g/mol. The molecule has 0 bridgehead atoms. The standard InChI is InChI=1S/C15H18N2O3S/c18-15(16-11-6-2-1-3-7-11)17-13-10-21(19,20)14-9-5-4-8-12(13)14/h2,4-6,8-9,11,13H,1,3,7,10H2,(H2,16,17,18)/t11-,13+/m0/s1. The van der Waals surface area contributed by atoms with Crippen LogP contribution in [0.3, 0.4) is 0 Å². The van der Waals surface area contributed by atoms with Gasteiger partial charge in [-0.3, -0.25) is 0 Å². The Hall–Kier alpha value is -1.82. The number of benzene rings is 1. The summed E-state index contributed by atoms with van der Waals surface area (Å²) in [6.07, 6.45) is 7.08. The summed E-state index contributed by atoms with van der Waals surface area (Å²) in [7, 11) is -3.29. The Kier molecular flexibility index (Phi) is 3.71. The maximum atomic E-state index is 12.1. The maximum Gasteiger partial charge on any atom is 0.315 e. The lowest BCUT2D eigenvalue weighted by Gasteiger charge is -2.20. The van der Waals surface area contributed by atoms with E-state index in [1.165, 1.54) is 0 Å². The molecule has 3 rings (SSSR count). The van der Waals surface area contributed by atoms with Crippen LogP contribution in [0.25, 0.3) is 0 Å². The molecule has 0 aromatic heterocycles. The fourth-order valence-corrected chi connectivity index (χ4v) is 4.61. The summed E-state index contributed by atoms with van der Waals surface area (Å²) in [5, 5.41) is 5.65. The number of allylic oxidation sites excluding steroid dienone is 1. The van der Waals surface area contributed by atoms with Crippen LogP contribution in [0.4, 0.5) is 4.79 Å². The average Bonchev–Trinajstić information content (AvgIpc) is 2.72. The lowest BCUT2D eigenvalue weighted by atomic mass is 10.0. The summed E-state index contributed by atoms with van der Waals surface area (Å²) in [6.45, 7) is 0. The van der Waals surface area contributed by atoms with Crippen molar-refractivity contribution in [2.75, 3.05) is 5.75 Å². The van der Waals surface area contributed by atoms with Crippen LogP contribution >= 0.6 is 0 Å². The first-order valence-electron chi connectivity index (χ1n) is 7.12. The fourth-order valence-electron chi connectivity index (χ4n) is 2.87. The number of carbonyl (C=O) groups excluding carboxylic acids is 1. The van der Waals surface area contributed by atoms with Gasteiger partial charge in [0.15, 0.2) is 9.84 Å². The highest BCUT2D eigenvalue weighted by molar-refractivity contribution is 7.91. The Bertz CT molecular complexity index is 682. The number of carbonyl (C=O) groups is 1. The first-order valence-corrected chi connectivity index (χ1v) is 8.77. The third-order valence-corrected chi connectivity index (χ3v) is 5.71. The molecule has 21 heavy (non-hydrogen) atoms. The number of fused-ring (bicyclic) bond motifs is 1. The van der Waals surface area contributed by atoms with Gasteiger partial charge >= 0.3 is 6.03 Å². The summed E-state index contributed by atoms with van der Waals surface area (Å²) in [6, 6.07) is 6.08. The highest BCUT2D eigenvalue weighted by atomic mass is 32.2. The van der Waals surface area contributed by atoms with Crippen molar-refractivity contribution in [3.8, 4) is 0 Å². The minimum atomic E-state index is -3.29. The van der Waals surface area contributed by atoms with Gasteiger partial charge in [-0.05, 0) is 30.9 Å². The molecule has 0 fully saturated rings. The predicted octanol–water partition coefficient (Wildman–Crippen LogP) is 1.92. The van der Waals surface area contributed by atoms with E-state index in [4.69, 9.17) is 0 Å². The molecule has 2 amide bonds. The van der Waals surface area contributed by atoms with Gasteiger partial charge in [-0.25, -0.2) is 13.2 Å². The fraction of sp³-hybridized carbons (Fsp3) is 0.400. The molecule has 1 aromatic carbocycles. The second-order valence-corrected chi connectivity index (χ2v) is 7.46. The molecule has 6 heteroatoms. The van der Waals surface area contributed by atoms with E-state index in [0.29, 0.717) is 10.5 Å². The molecule has 1 aromatic rings. The van der Waals surface area contributed by atoms with E-state index in [0.717, 1.165) is 19.3 Å². The van der Waals surface area contributed by atoms with Crippen molar-refractivity contribution in [1.82, 2.24) is 10.6 Å². The Morgan fingerprint density at radius 1 is 1.19 bits per heavy atom. The highest BCUT2D eigenvalue weighted by Crippen LogP contribution is 2.32.